The molecule has 0 bridgehead atoms. The maximum Gasteiger partial charge on any atom is 0.415 e. The van der Waals surface area contributed by atoms with E-state index in [1.54, 1.807) is 23.1 Å². The first-order valence-corrected chi connectivity index (χ1v) is 12.3. The van der Waals surface area contributed by atoms with E-state index in [1.165, 1.54) is 0 Å². The monoisotopic (exact) mass is 492 g/mol. The lowest BCUT2D eigenvalue weighted by Crippen LogP contribution is -2.47. The highest BCUT2D eigenvalue weighted by molar-refractivity contribution is 5.97. The van der Waals surface area contributed by atoms with Gasteiger partial charge in [-0.05, 0) is 48.7 Å². The summed E-state index contributed by atoms with van der Waals surface area (Å²) >= 11 is 0. The van der Waals surface area contributed by atoms with Gasteiger partial charge in [0, 0.05) is 43.6 Å². The number of carbonyl (C=O) groups excluding carboxylic acids is 3. The number of nitrogens with zero attached hydrogens (tertiary/aromatic N) is 2. The van der Waals surface area contributed by atoms with Crippen molar-refractivity contribution in [2.75, 3.05) is 31.1 Å². The molecule has 2 aromatic carbocycles. The van der Waals surface area contributed by atoms with E-state index in [0.717, 1.165) is 33.5 Å². The molecule has 1 unspecified atom stereocenters. The van der Waals surface area contributed by atoms with Gasteiger partial charge < -0.3 is 24.2 Å². The minimum atomic E-state index is -0.693. The highest BCUT2D eigenvalue weighted by Crippen LogP contribution is 2.39. The van der Waals surface area contributed by atoms with Crippen LogP contribution in [0.25, 0.3) is 0 Å². The SMILES string of the molecule is Cc1c(C(O)CN2CCC3(CC2)CN(c2ccc4c(c2C)COC4=O)C(=O)O3)ccc2c1COC2=O. The fraction of sp³-hybridized carbons (Fsp3) is 0.444. The standard InChI is InChI=1S/C27H28N2O7/c1-15-17(3-4-18-20(15)12-34-24(18)31)23(30)11-28-9-7-27(8-10-28)14-29(26(33)36-27)22-6-5-19-21(16(22)2)13-35-25(19)32/h3-6,23,30H,7-14H2,1-2H3. The molecule has 4 heterocycles. The second kappa shape index (κ2) is 8.31. The summed E-state index contributed by atoms with van der Waals surface area (Å²) in [6.07, 6.45) is 0.266. The van der Waals surface area contributed by atoms with Gasteiger partial charge >= 0.3 is 18.0 Å². The number of ether oxygens (including phenoxy) is 3. The molecule has 0 aromatic heterocycles. The summed E-state index contributed by atoms with van der Waals surface area (Å²) in [4.78, 5) is 40.4. The molecule has 1 spiro atoms. The van der Waals surface area contributed by atoms with Gasteiger partial charge in [-0.1, -0.05) is 6.07 Å². The Balaban J connectivity index is 1.12. The number of aliphatic hydroxyl groups excluding tert-OH is 1. The number of hydrogen-bond donors (Lipinski definition) is 1. The lowest BCUT2D eigenvalue weighted by molar-refractivity contribution is -0.00987. The number of carbonyl (C=O) groups is 3. The quantitative estimate of drug-likeness (QED) is 0.513. The van der Waals surface area contributed by atoms with Crippen molar-refractivity contribution < 1.29 is 33.7 Å². The average molecular weight is 493 g/mol. The molecular weight excluding hydrogens is 464 g/mol. The van der Waals surface area contributed by atoms with Gasteiger partial charge in [0.1, 0.15) is 18.8 Å². The Morgan fingerprint density at radius 2 is 1.53 bits per heavy atom. The van der Waals surface area contributed by atoms with Crippen LogP contribution < -0.4 is 4.90 Å². The summed E-state index contributed by atoms with van der Waals surface area (Å²) in [5.74, 6) is -0.640. The maximum absolute atomic E-state index is 12.9. The molecule has 36 heavy (non-hydrogen) atoms. The molecule has 9 nitrogen and oxygen atoms in total. The van der Waals surface area contributed by atoms with Crippen LogP contribution in [0.15, 0.2) is 24.3 Å². The van der Waals surface area contributed by atoms with Crippen molar-refractivity contribution in [1.29, 1.82) is 0 Å². The van der Waals surface area contributed by atoms with E-state index in [2.05, 4.69) is 4.90 Å². The van der Waals surface area contributed by atoms with Crippen LogP contribution in [0.1, 0.15) is 67.5 Å². The predicted molar refractivity (Wildman–Crippen MR) is 128 cm³/mol. The lowest BCUT2D eigenvalue weighted by Gasteiger charge is -2.38. The molecule has 2 saturated heterocycles. The summed E-state index contributed by atoms with van der Waals surface area (Å²) in [7, 11) is 0. The van der Waals surface area contributed by atoms with Crippen LogP contribution in [0.5, 0.6) is 0 Å². The second-order valence-corrected chi connectivity index (χ2v) is 10.1. The zero-order chi connectivity index (χ0) is 25.2. The third kappa shape index (κ3) is 3.57. The minimum Gasteiger partial charge on any atom is -0.457 e. The van der Waals surface area contributed by atoms with E-state index in [4.69, 9.17) is 14.2 Å². The van der Waals surface area contributed by atoms with E-state index in [-0.39, 0.29) is 31.2 Å². The van der Waals surface area contributed by atoms with Crippen LogP contribution in [0, 0.1) is 13.8 Å². The topological polar surface area (TPSA) is 106 Å². The summed E-state index contributed by atoms with van der Waals surface area (Å²) in [6.45, 7) is 6.59. The first-order valence-electron chi connectivity index (χ1n) is 12.3. The number of β-amino-alcohol motifs (C(OH)–C–C–N with tert-alkyl or cyclic N) is 1. The Labute approximate surface area is 208 Å². The third-order valence-electron chi connectivity index (χ3n) is 8.16. The van der Waals surface area contributed by atoms with E-state index >= 15 is 0 Å². The van der Waals surface area contributed by atoms with Crippen LogP contribution in [-0.2, 0) is 27.4 Å². The van der Waals surface area contributed by atoms with E-state index in [0.29, 0.717) is 50.1 Å². The van der Waals surface area contributed by atoms with Crippen molar-refractivity contribution in [2.45, 2.75) is 51.6 Å². The molecule has 4 aliphatic rings. The fourth-order valence-corrected chi connectivity index (χ4v) is 5.91. The minimum absolute atomic E-state index is 0.228. The Hall–Kier alpha value is -3.43. The molecule has 4 aliphatic heterocycles. The van der Waals surface area contributed by atoms with E-state index in [9.17, 15) is 19.5 Å². The van der Waals surface area contributed by atoms with Gasteiger partial charge in [0.25, 0.3) is 0 Å². The molecule has 0 saturated carbocycles. The zero-order valence-electron chi connectivity index (χ0n) is 20.3. The molecule has 2 fully saturated rings. The molecule has 1 N–H and O–H groups in total. The number of rotatable bonds is 4. The molecule has 2 aromatic rings. The number of fused-ring (bicyclic) bond motifs is 2. The van der Waals surface area contributed by atoms with Crippen LogP contribution in [0.3, 0.4) is 0 Å². The van der Waals surface area contributed by atoms with Gasteiger partial charge in [0.05, 0.1) is 29.5 Å². The smallest absolute Gasteiger partial charge is 0.415 e. The molecule has 9 heteroatoms. The van der Waals surface area contributed by atoms with Crippen molar-refractivity contribution in [3.8, 4) is 0 Å². The van der Waals surface area contributed by atoms with Crippen molar-refractivity contribution >= 4 is 23.7 Å². The molecule has 0 aliphatic carbocycles. The van der Waals surface area contributed by atoms with Gasteiger partial charge in [-0.2, -0.15) is 0 Å². The normalized spacial score (nSPS) is 21.3. The van der Waals surface area contributed by atoms with Crippen LogP contribution in [0.2, 0.25) is 0 Å². The van der Waals surface area contributed by atoms with Gasteiger partial charge in [-0.25, -0.2) is 14.4 Å². The third-order valence-corrected chi connectivity index (χ3v) is 8.16. The largest absolute Gasteiger partial charge is 0.457 e. The van der Waals surface area contributed by atoms with Crippen molar-refractivity contribution in [3.05, 3.63) is 63.2 Å². The Bertz CT molecular complexity index is 1300. The van der Waals surface area contributed by atoms with Crippen LogP contribution >= 0.6 is 0 Å². The summed E-state index contributed by atoms with van der Waals surface area (Å²) in [6, 6.07) is 7.06. The van der Waals surface area contributed by atoms with Crippen LogP contribution in [0.4, 0.5) is 10.5 Å². The average Bonchev–Trinajstić information content (AvgIpc) is 3.52. The molecule has 0 radical (unpaired) electrons. The van der Waals surface area contributed by atoms with E-state index < -0.39 is 11.7 Å². The highest BCUT2D eigenvalue weighted by Gasteiger charge is 2.48. The van der Waals surface area contributed by atoms with Crippen molar-refractivity contribution in [2.24, 2.45) is 0 Å². The highest BCUT2D eigenvalue weighted by atomic mass is 16.6. The first kappa shape index (κ1) is 23.0. The van der Waals surface area contributed by atoms with E-state index in [1.807, 2.05) is 19.9 Å². The van der Waals surface area contributed by atoms with Gasteiger partial charge in [0.2, 0.25) is 0 Å². The summed E-state index contributed by atoms with van der Waals surface area (Å²) < 4.78 is 16.2. The van der Waals surface area contributed by atoms with Crippen molar-refractivity contribution in [3.63, 3.8) is 0 Å². The Morgan fingerprint density at radius 1 is 0.917 bits per heavy atom. The number of cyclic esters (lactones) is 2. The second-order valence-electron chi connectivity index (χ2n) is 10.1. The molecule has 1 amide bonds. The number of amides is 1. The maximum atomic E-state index is 12.9. The molecule has 188 valence electrons. The summed E-state index contributed by atoms with van der Waals surface area (Å²) in [5, 5.41) is 11.0. The number of benzene rings is 2. The number of aliphatic hydroxyl groups is 1. The van der Waals surface area contributed by atoms with Crippen LogP contribution in [-0.4, -0.2) is 59.8 Å². The molecular formula is C27H28N2O7. The lowest BCUT2D eigenvalue weighted by atomic mass is 9.90. The fourth-order valence-electron chi connectivity index (χ4n) is 5.91. The zero-order valence-corrected chi connectivity index (χ0v) is 20.3. The predicted octanol–water partition coefficient (Wildman–Crippen LogP) is 3.17. The number of anilines is 1. The first-order chi connectivity index (χ1) is 17.3. The molecule has 1 atom stereocenters. The number of esters is 2. The van der Waals surface area contributed by atoms with Gasteiger partial charge in [-0.3, -0.25) is 4.90 Å². The number of hydrogen-bond acceptors (Lipinski definition) is 8. The van der Waals surface area contributed by atoms with Gasteiger partial charge in [-0.15, -0.1) is 0 Å². The Kier molecular flexibility index (Phi) is 5.31. The molecule has 6 rings (SSSR count). The van der Waals surface area contributed by atoms with Crippen molar-refractivity contribution in [1.82, 2.24) is 4.90 Å². The number of likely N-dealkylation sites (tertiary alicyclic amines) is 1. The Morgan fingerprint density at radius 3 is 2.19 bits per heavy atom. The van der Waals surface area contributed by atoms with Gasteiger partial charge in [0.15, 0.2) is 0 Å². The summed E-state index contributed by atoms with van der Waals surface area (Å²) in [5.41, 5.74) is 5.56. The number of piperidine rings is 1.